The molecule has 37 heavy (non-hydrogen) atoms. The number of ether oxygens (including phenoxy) is 1. The maximum Gasteiger partial charge on any atom is 0.118 e. The molecule has 2 atom stereocenters. The number of rotatable bonds is 10. The van der Waals surface area contributed by atoms with Crippen LogP contribution in [0.4, 0.5) is 0 Å². The van der Waals surface area contributed by atoms with E-state index >= 15 is 0 Å². The van der Waals surface area contributed by atoms with Crippen LogP contribution in [0.5, 0.6) is 5.75 Å². The summed E-state index contributed by atoms with van der Waals surface area (Å²) in [6, 6.07) is 28.7. The third-order valence-electron chi connectivity index (χ3n) is 5.60. The summed E-state index contributed by atoms with van der Waals surface area (Å²) in [5, 5.41) is 21.8. The molecule has 1 N–H and O–H groups in total. The van der Waals surface area contributed by atoms with Gasteiger partial charge in [-0.3, -0.25) is 4.21 Å². The number of thioether (sulfide) groups is 1. The van der Waals surface area contributed by atoms with Gasteiger partial charge in [0.1, 0.15) is 16.8 Å². The second kappa shape index (κ2) is 12.9. The van der Waals surface area contributed by atoms with Crippen LogP contribution in [0.15, 0.2) is 90.0 Å². The fraction of sp³-hybridized carbons (Fsp3) is 0.172. The molecule has 188 valence electrons. The molecule has 0 aliphatic heterocycles. The van der Waals surface area contributed by atoms with Crippen LogP contribution in [0.1, 0.15) is 11.1 Å². The highest BCUT2D eigenvalue weighted by Crippen LogP contribution is 2.34. The van der Waals surface area contributed by atoms with Crippen LogP contribution in [0.2, 0.25) is 5.02 Å². The number of hydrogen-bond donors (Lipinski definition) is 1. The molecule has 1 aromatic heterocycles. The van der Waals surface area contributed by atoms with Crippen molar-refractivity contribution in [3.8, 4) is 34.2 Å². The first kappa shape index (κ1) is 26.9. The Hall–Kier alpha value is -3.15. The third-order valence-corrected chi connectivity index (χ3v) is 8.38. The third kappa shape index (κ3) is 7.21. The van der Waals surface area contributed by atoms with Gasteiger partial charge in [0.25, 0.3) is 0 Å². The quantitative estimate of drug-likeness (QED) is 0.232. The molecule has 0 aliphatic carbocycles. The summed E-state index contributed by atoms with van der Waals surface area (Å²) in [6.07, 6.45) is -0.823. The molecule has 0 radical (unpaired) electrons. The summed E-state index contributed by atoms with van der Waals surface area (Å²) in [6.45, 7) is 0. The molecule has 0 aliphatic rings. The summed E-state index contributed by atoms with van der Waals surface area (Å²) >= 11 is 7.21. The molecule has 3 aromatic carbocycles. The zero-order valence-electron chi connectivity index (χ0n) is 20.1. The molecular weight excluding hydrogens is 524 g/mol. The van der Waals surface area contributed by atoms with E-state index in [1.54, 1.807) is 19.2 Å². The van der Waals surface area contributed by atoms with E-state index in [4.69, 9.17) is 21.3 Å². The Labute approximate surface area is 228 Å². The Kier molecular flexibility index (Phi) is 9.37. The fourth-order valence-electron chi connectivity index (χ4n) is 3.75. The van der Waals surface area contributed by atoms with E-state index in [1.165, 1.54) is 11.8 Å². The molecule has 5 nitrogen and oxygen atoms in total. The fourth-order valence-corrected chi connectivity index (χ4v) is 6.19. The number of methoxy groups -OCH3 is 1. The van der Waals surface area contributed by atoms with E-state index in [0.717, 1.165) is 28.0 Å². The van der Waals surface area contributed by atoms with Gasteiger partial charge in [0, 0.05) is 38.5 Å². The van der Waals surface area contributed by atoms with Gasteiger partial charge >= 0.3 is 0 Å². The molecule has 0 bridgehead atoms. The largest absolute Gasteiger partial charge is 0.497 e. The number of aliphatic hydroxyl groups excluding tert-OH is 1. The van der Waals surface area contributed by atoms with Gasteiger partial charge in [-0.05, 0) is 53.6 Å². The van der Waals surface area contributed by atoms with Crippen LogP contribution in [0, 0.1) is 11.3 Å². The van der Waals surface area contributed by atoms with Crippen molar-refractivity contribution < 1.29 is 14.1 Å². The molecule has 0 amide bonds. The number of benzene rings is 3. The van der Waals surface area contributed by atoms with E-state index < -0.39 is 16.9 Å². The molecule has 1 heterocycles. The predicted octanol–water partition coefficient (Wildman–Crippen LogP) is 6.35. The Morgan fingerprint density at radius 2 is 1.76 bits per heavy atom. The molecule has 8 heteroatoms. The monoisotopic (exact) mass is 548 g/mol. The van der Waals surface area contributed by atoms with Crippen molar-refractivity contribution in [3.05, 3.63) is 101 Å². The Bertz CT molecular complexity index is 1410. The molecule has 0 saturated carbocycles. The van der Waals surface area contributed by atoms with Gasteiger partial charge in [0.2, 0.25) is 0 Å². The number of nitriles is 1. The Morgan fingerprint density at radius 3 is 2.41 bits per heavy atom. The normalized spacial score (nSPS) is 12.5. The van der Waals surface area contributed by atoms with E-state index in [1.807, 2.05) is 72.8 Å². The molecule has 0 saturated heterocycles. The zero-order valence-corrected chi connectivity index (χ0v) is 22.5. The van der Waals surface area contributed by atoms with Gasteiger partial charge in [-0.15, -0.1) is 11.8 Å². The van der Waals surface area contributed by atoms with Crippen LogP contribution in [0.25, 0.3) is 22.4 Å². The number of nitrogens with zero attached hydrogens (tertiary/aromatic N) is 2. The van der Waals surface area contributed by atoms with Crippen LogP contribution in [0.3, 0.4) is 0 Å². The van der Waals surface area contributed by atoms with E-state index in [0.29, 0.717) is 27.1 Å². The highest BCUT2D eigenvalue weighted by atomic mass is 35.5. The van der Waals surface area contributed by atoms with Crippen molar-refractivity contribution in [1.82, 2.24) is 4.98 Å². The van der Waals surface area contributed by atoms with E-state index in [-0.39, 0.29) is 11.5 Å². The van der Waals surface area contributed by atoms with Crippen molar-refractivity contribution in [2.75, 3.05) is 18.6 Å². The maximum atomic E-state index is 12.6. The molecule has 0 spiro atoms. The number of hydrogen-bond acceptors (Lipinski definition) is 6. The van der Waals surface area contributed by atoms with Gasteiger partial charge in [-0.25, -0.2) is 4.98 Å². The van der Waals surface area contributed by atoms with Crippen molar-refractivity contribution in [2.45, 2.75) is 16.9 Å². The van der Waals surface area contributed by atoms with Gasteiger partial charge in [-0.1, -0.05) is 54.1 Å². The van der Waals surface area contributed by atoms with Crippen molar-refractivity contribution >= 4 is 34.2 Å². The van der Waals surface area contributed by atoms with Crippen LogP contribution in [-0.4, -0.2) is 39.0 Å². The van der Waals surface area contributed by atoms with Crippen molar-refractivity contribution in [3.63, 3.8) is 0 Å². The lowest BCUT2D eigenvalue weighted by Gasteiger charge is -2.14. The number of halogens is 1. The highest BCUT2D eigenvalue weighted by molar-refractivity contribution is 7.99. The second-order valence-electron chi connectivity index (χ2n) is 8.28. The number of pyridine rings is 1. The van der Waals surface area contributed by atoms with Crippen LogP contribution in [-0.2, 0) is 16.6 Å². The van der Waals surface area contributed by atoms with Crippen LogP contribution < -0.4 is 4.74 Å². The van der Waals surface area contributed by atoms with Crippen LogP contribution >= 0.6 is 23.4 Å². The first-order valence-electron chi connectivity index (χ1n) is 11.5. The molecule has 4 rings (SSSR count). The van der Waals surface area contributed by atoms with Crippen molar-refractivity contribution in [2.24, 2.45) is 0 Å². The summed E-state index contributed by atoms with van der Waals surface area (Å²) in [5.41, 5.74) is 4.62. The second-order valence-corrected chi connectivity index (χ2v) is 11.2. The summed E-state index contributed by atoms with van der Waals surface area (Å²) in [7, 11) is 0.368. The Balaban J connectivity index is 1.56. The number of aromatic nitrogens is 1. The van der Waals surface area contributed by atoms with Gasteiger partial charge in [-0.2, -0.15) is 5.26 Å². The SMILES string of the molecule is COc1ccc(-c2cc(-c3ccccc3)c(C#N)c(SC[C@@H](O)C[S@](=O)Cc3ccc(Cl)cc3)n2)cc1. The first-order valence-corrected chi connectivity index (χ1v) is 14.4. The van der Waals surface area contributed by atoms with E-state index in [2.05, 4.69) is 6.07 Å². The average Bonchev–Trinajstić information content (AvgIpc) is 2.93. The smallest absolute Gasteiger partial charge is 0.118 e. The summed E-state index contributed by atoms with van der Waals surface area (Å²) in [4.78, 5) is 4.78. The molecule has 0 unspecified atom stereocenters. The van der Waals surface area contributed by atoms with Gasteiger partial charge in [0.15, 0.2) is 0 Å². The minimum absolute atomic E-state index is 0.126. The summed E-state index contributed by atoms with van der Waals surface area (Å²) < 4.78 is 17.9. The highest BCUT2D eigenvalue weighted by Gasteiger charge is 2.18. The lowest BCUT2D eigenvalue weighted by atomic mass is 9.99. The van der Waals surface area contributed by atoms with Gasteiger partial charge < -0.3 is 9.84 Å². The topological polar surface area (TPSA) is 83.2 Å². The lowest BCUT2D eigenvalue weighted by Crippen LogP contribution is -2.20. The molecule has 4 aromatic rings. The minimum Gasteiger partial charge on any atom is -0.497 e. The lowest BCUT2D eigenvalue weighted by molar-refractivity contribution is 0.224. The predicted molar refractivity (Wildman–Crippen MR) is 151 cm³/mol. The summed E-state index contributed by atoms with van der Waals surface area (Å²) in [5.74, 6) is 1.46. The minimum atomic E-state index is -1.25. The first-order chi connectivity index (χ1) is 18.0. The number of aliphatic hydroxyl groups is 1. The molecular formula is C29H25ClN2O3S2. The zero-order chi connectivity index (χ0) is 26.2. The van der Waals surface area contributed by atoms with E-state index in [9.17, 15) is 14.6 Å². The van der Waals surface area contributed by atoms with Gasteiger partial charge in [0.05, 0.1) is 30.2 Å². The maximum absolute atomic E-state index is 12.6. The molecule has 0 fully saturated rings. The average molecular weight is 549 g/mol. The standard InChI is InChI=1S/C29H25ClN2O3S2/c1-35-25-13-9-22(10-14-25)28-15-26(21-5-3-2-4-6-21)27(16-31)29(32-28)36-17-24(33)19-37(34)18-20-7-11-23(30)12-8-20/h2-15,24,33H,17-19H2,1H3/t24-,37-/m1/s1. The van der Waals surface area contributed by atoms with Crippen molar-refractivity contribution in [1.29, 1.82) is 5.26 Å². The Morgan fingerprint density at radius 1 is 1.05 bits per heavy atom.